The van der Waals surface area contributed by atoms with Gasteiger partial charge in [0.05, 0.1) is 6.54 Å². The first-order valence-corrected chi connectivity index (χ1v) is 10.5. The van der Waals surface area contributed by atoms with Crippen molar-refractivity contribution in [2.75, 3.05) is 19.6 Å². The summed E-state index contributed by atoms with van der Waals surface area (Å²) in [5.41, 5.74) is 1.17. The minimum Gasteiger partial charge on any atom is -0.335 e. The van der Waals surface area contributed by atoms with Crippen LogP contribution in [-0.2, 0) is 16.1 Å². The van der Waals surface area contributed by atoms with Gasteiger partial charge in [-0.1, -0.05) is 29.8 Å². The van der Waals surface area contributed by atoms with Crippen molar-refractivity contribution in [3.63, 3.8) is 0 Å². The highest BCUT2D eigenvalue weighted by Crippen LogP contribution is 2.36. The van der Waals surface area contributed by atoms with E-state index in [-0.39, 0.29) is 43.0 Å². The molecule has 0 bridgehead atoms. The quantitative estimate of drug-likeness (QED) is 0.842. The average Bonchev–Trinajstić information content (AvgIpc) is 3.38. The van der Waals surface area contributed by atoms with E-state index in [4.69, 9.17) is 0 Å². The van der Waals surface area contributed by atoms with E-state index in [0.717, 1.165) is 24.0 Å². The van der Waals surface area contributed by atoms with Gasteiger partial charge in [0.15, 0.2) is 0 Å². The molecule has 2 heterocycles. The summed E-state index contributed by atoms with van der Waals surface area (Å²) in [7, 11) is 0. The minimum absolute atomic E-state index is 0.0408. The number of piperazine rings is 1. The van der Waals surface area contributed by atoms with Crippen LogP contribution in [0.25, 0.3) is 0 Å². The fraction of sp³-hybridized carbons (Fsp3) is 0.591. The van der Waals surface area contributed by atoms with Gasteiger partial charge in [-0.3, -0.25) is 9.59 Å². The zero-order chi connectivity index (χ0) is 20.8. The van der Waals surface area contributed by atoms with E-state index in [0.29, 0.717) is 19.5 Å². The number of hydrogen-bond donors (Lipinski definition) is 1. The molecule has 1 N–H and O–H groups in total. The van der Waals surface area contributed by atoms with Gasteiger partial charge in [-0.2, -0.15) is 0 Å². The van der Waals surface area contributed by atoms with Crippen molar-refractivity contribution >= 4 is 17.8 Å². The minimum atomic E-state index is -0.981. The maximum absolute atomic E-state index is 13.6. The normalized spacial score (nSPS) is 24.8. The van der Waals surface area contributed by atoms with E-state index in [1.165, 1.54) is 0 Å². The highest BCUT2D eigenvalue weighted by molar-refractivity contribution is 5.99. The molecule has 1 atom stereocenters. The van der Waals surface area contributed by atoms with Crippen molar-refractivity contribution in [3.05, 3.63) is 35.4 Å². The fourth-order valence-corrected chi connectivity index (χ4v) is 4.31. The zero-order valence-corrected chi connectivity index (χ0v) is 17.5. The molecule has 156 valence electrons. The number of rotatable bonds is 4. The first kappa shape index (κ1) is 19.7. The van der Waals surface area contributed by atoms with Crippen LogP contribution >= 0.6 is 0 Å². The number of carbonyl (C=O) groups is 3. The van der Waals surface area contributed by atoms with Crippen molar-refractivity contribution in [2.24, 2.45) is 0 Å². The van der Waals surface area contributed by atoms with Crippen LogP contribution in [0.4, 0.5) is 4.79 Å². The molecule has 4 amide bonds. The molecule has 1 aliphatic carbocycles. The van der Waals surface area contributed by atoms with E-state index in [1.54, 1.807) is 14.7 Å². The molecule has 0 radical (unpaired) electrons. The van der Waals surface area contributed by atoms with Gasteiger partial charge in [-0.15, -0.1) is 0 Å². The second-order valence-corrected chi connectivity index (χ2v) is 8.92. The Balaban J connectivity index is 1.62. The number of hydrogen-bond acceptors (Lipinski definition) is 3. The Kier molecular flexibility index (Phi) is 5.00. The summed E-state index contributed by atoms with van der Waals surface area (Å²) in [6.07, 6.45) is 2.51. The molecule has 0 aromatic heterocycles. The third-order valence-electron chi connectivity index (χ3n) is 6.31. The van der Waals surface area contributed by atoms with Crippen molar-refractivity contribution in [3.8, 4) is 0 Å². The van der Waals surface area contributed by atoms with Crippen molar-refractivity contribution < 1.29 is 14.4 Å². The Morgan fingerprint density at radius 2 is 1.90 bits per heavy atom. The van der Waals surface area contributed by atoms with E-state index in [1.807, 2.05) is 45.0 Å². The van der Waals surface area contributed by atoms with Crippen LogP contribution in [0.2, 0.25) is 0 Å². The third kappa shape index (κ3) is 3.70. The number of amides is 4. The standard InChI is InChI=1S/C22H30N4O3/c1-15(2)25-13-19(27)26(12-17-6-4-16(3)5-7-17)22(20(25)28)10-11-24(14-22)21(29)23-18-8-9-18/h4-7,15,18H,8-14H2,1-3H3,(H,23,29). The lowest BCUT2D eigenvalue weighted by Gasteiger charge is -2.48. The molecule has 1 aromatic rings. The molecule has 1 unspecified atom stereocenters. The molecule has 7 heteroatoms. The predicted octanol–water partition coefficient (Wildman–Crippen LogP) is 1.89. The van der Waals surface area contributed by atoms with Crippen LogP contribution in [0.1, 0.15) is 44.2 Å². The summed E-state index contributed by atoms with van der Waals surface area (Å²) in [5.74, 6) is -0.0933. The topological polar surface area (TPSA) is 73.0 Å². The van der Waals surface area contributed by atoms with Crippen LogP contribution in [0.5, 0.6) is 0 Å². The van der Waals surface area contributed by atoms with Crippen molar-refractivity contribution in [2.45, 2.75) is 64.2 Å². The summed E-state index contributed by atoms with van der Waals surface area (Å²) in [5, 5.41) is 3.01. The Labute approximate surface area is 172 Å². The molecule has 1 aromatic carbocycles. The first-order valence-electron chi connectivity index (χ1n) is 10.5. The van der Waals surface area contributed by atoms with E-state index < -0.39 is 5.54 Å². The summed E-state index contributed by atoms with van der Waals surface area (Å²) in [6.45, 7) is 7.10. The number of carbonyl (C=O) groups excluding carboxylic acids is 3. The van der Waals surface area contributed by atoms with E-state index in [9.17, 15) is 14.4 Å². The van der Waals surface area contributed by atoms with Gasteiger partial charge in [-0.05, 0) is 45.6 Å². The molecule has 2 saturated heterocycles. The van der Waals surface area contributed by atoms with Crippen LogP contribution in [-0.4, -0.2) is 69.8 Å². The molecular formula is C22H30N4O3. The van der Waals surface area contributed by atoms with E-state index >= 15 is 0 Å². The largest absolute Gasteiger partial charge is 0.335 e. The lowest BCUT2D eigenvalue weighted by molar-refractivity contribution is -0.166. The Morgan fingerprint density at radius 3 is 2.52 bits per heavy atom. The Bertz CT molecular complexity index is 818. The Hall–Kier alpha value is -2.57. The third-order valence-corrected chi connectivity index (χ3v) is 6.31. The number of likely N-dealkylation sites (tertiary alicyclic amines) is 1. The molecule has 1 spiro atoms. The molecule has 3 fully saturated rings. The highest BCUT2D eigenvalue weighted by Gasteiger charge is 2.57. The van der Waals surface area contributed by atoms with Crippen LogP contribution in [0.15, 0.2) is 24.3 Å². The molecule has 2 aliphatic heterocycles. The van der Waals surface area contributed by atoms with Gasteiger partial charge in [0.2, 0.25) is 5.91 Å². The number of aryl methyl sites for hydroxylation is 1. The molecule has 7 nitrogen and oxygen atoms in total. The second-order valence-electron chi connectivity index (χ2n) is 8.92. The van der Waals surface area contributed by atoms with Gasteiger partial charge < -0.3 is 20.0 Å². The number of urea groups is 1. The average molecular weight is 399 g/mol. The predicted molar refractivity (Wildman–Crippen MR) is 109 cm³/mol. The number of benzene rings is 1. The maximum Gasteiger partial charge on any atom is 0.317 e. The number of nitrogens with zero attached hydrogens (tertiary/aromatic N) is 3. The summed E-state index contributed by atoms with van der Waals surface area (Å²) < 4.78 is 0. The van der Waals surface area contributed by atoms with Crippen LogP contribution < -0.4 is 5.32 Å². The zero-order valence-electron chi connectivity index (χ0n) is 17.5. The second kappa shape index (κ2) is 7.35. The monoisotopic (exact) mass is 398 g/mol. The summed E-state index contributed by atoms with van der Waals surface area (Å²) >= 11 is 0. The van der Waals surface area contributed by atoms with Crippen LogP contribution in [0.3, 0.4) is 0 Å². The maximum atomic E-state index is 13.6. The molecule has 3 aliphatic rings. The lowest BCUT2D eigenvalue weighted by atomic mass is 9.89. The summed E-state index contributed by atoms with van der Waals surface area (Å²) in [6, 6.07) is 8.12. The van der Waals surface area contributed by atoms with Gasteiger partial charge in [0.25, 0.3) is 5.91 Å². The smallest absolute Gasteiger partial charge is 0.317 e. The summed E-state index contributed by atoms with van der Waals surface area (Å²) in [4.78, 5) is 44.4. The van der Waals surface area contributed by atoms with Crippen molar-refractivity contribution in [1.82, 2.24) is 20.0 Å². The van der Waals surface area contributed by atoms with Crippen LogP contribution in [0, 0.1) is 6.92 Å². The molecule has 1 saturated carbocycles. The van der Waals surface area contributed by atoms with Gasteiger partial charge in [0.1, 0.15) is 12.1 Å². The van der Waals surface area contributed by atoms with E-state index in [2.05, 4.69) is 5.32 Å². The fourth-order valence-electron chi connectivity index (χ4n) is 4.31. The molecule has 4 rings (SSSR count). The SMILES string of the molecule is Cc1ccc(CN2C(=O)CN(C(C)C)C(=O)C23CCN(C(=O)NC2CC2)C3)cc1. The van der Waals surface area contributed by atoms with Crippen molar-refractivity contribution in [1.29, 1.82) is 0 Å². The van der Waals surface area contributed by atoms with Gasteiger partial charge >= 0.3 is 6.03 Å². The molecular weight excluding hydrogens is 368 g/mol. The molecule has 29 heavy (non-hydrogen) atoms. The first-order chi connectivity index (χ1) is 13.8. The number of nitrogens with one attached hydrogen (secondary N) is 1. The van der Waals surface area contributed by atoms with Gasteiger partial charge in [-0.25, -0.2) is 4.79 Å². The Morgan fingerprint density at radius 1 is 1.21 bits per heavy atom. The lowest BCUT2D eigenvalue weighted by Crippen LogP contribution is -2.70. The van der Waals surface area contributed by atoms with Gasteiger partial charge in [0, 0.05) is 25.2 Å². The highest BCUT2D eigenvalue weighted by atomic mass is 16.2.